The van der Waals surface area contributed by atoms with Gasteiger partial charge in [-0.3, -0.25) is 9.69 Å². The molecule has 1 atom stereocenters. The fourth-order valence-corrected chi connectivity index (χ4v) is 2.71. The minimum absolute atomic E-state index is 0.0511. The van der Waals surface area contributed by atoms with Gasteiger partial charge in [0.1, 0.15) is 0 Å². The highest BCUT2D eigenvalue weighted by Gasteiger charge is 2.19. The first kappa shape index (κ1) is 18.2. The molecule has 4 nitrogen and oxygen atoms in total. The average molecular weight is 325 g/mol. The van der Waals surface area contributed by atoms with Crippen molar-refractivity contribution < 1.29 is 4.79 Å². The number of nitrogens with two attached hydrogens (primary N) is 1. The largest absolute Gasteiger partial charge is 0.338 e. The van der Waals surface area contributed by atoms with Gasteiger partial charge in [-0.25, -0.2) is 0 Å². The molecular weight excluding hydrogens is 298 g/mol. The van der Waals surface area contributed by atoms with Crippen LogP contribution in [0.1, 0.15) is 24.1 Å². The van der Waals surface area contributed by atoms with Crippen LogP contribution in [0.4, 0.5) is 0 Å². The normalized spacial score (nSPS) is 12.2. The Kier molecular flexibility index (Phi) is 6.97. The maximum atomic E-state index is 12.7. The van der Waals surface area contributed by atoms with E-state index in [0.29, 0.717) is 19.6 Å². The van der Waals surface area contributed by atoms with Gasteiger partial charge in [-0.15, -0.1) is 0 Å². The predicted octanol–water partition coefficient (Wildman–Crippen LogP) is 2.67. The average Bonchev–Trinajstić information content (AvgIpc) is 2.62. The van der Waals surface area contributed by atoms with Crippen molar-refractivity contribution in [1.29, 1.82) is 0 Å². The number of carbonyl (C=O) groups is 1. The summed E-state index contributed by atoms with van der Waals surface area (Å²) >= 11 is 0. The summed E-state index contributed by atoms with van der Waals surface area (Å²) in [4.78, 5) is 16.6. The zero-order valence-corrected chi connectivity index (χ0v) is 14.6. The van der Waals surface area contributed by atoms with E-state index in [9.17, 15) is 4.79 Å². The minimum atomic E-state index is 0.0511. The number of hydrogen-bond acceptors (Lipinski definition) is 3. The minimum Gasteiger partial charge on any atom is -0.338 e. The summed E-state index contributed by atoms with van der Waals surface area (Å²) in [6, 6.07) is 20.3. The highest BCUT2D eigenvalue weighted by molar-refractivity contribution is 5.78. The Morgan fingerprint density at radius 1 is 1.04 bits per heavy atom. The Balaban J connectivity index is 1.99. The fourth-order valence-electron chi connectivity index (χ4n) is 2.71. The van der Waals surface area contributed by atoms with E-state index in [1.54, 1.807) is 0 Å². The number of amides is 1. The highest BCUT2D eigenvalue weighted by Crippen LogP contribution is 2.18. The SMILES string of the molecule is CC(c1ccccc1)N(C)C(=O)CN(CCN)Cc1ccccc1. The monoisotopic (exact) mass is 325 g/mol. The molecule has 0 heterocycles. The number of rotatable bonds is 8. The third-order valence-electron chi connectivity index (χ3n) is 4.31. The van der Waals surface area contributed by atoms with E-state index in [1.807, 2.05) is 48.3 Å². The molecule has 0 aliphatic carbocycles. The predicted molar refractivity (Wildman–Crippen MR) is 98.4 cm³/mol. The molecule has 4 heteroatoms. The van der Waals surface area contributed by atoms with Gasteiger partial charge in [-0.05, 0) is 18.1 Å². The van der Waals surface area contributed by atoms with Crippen LogP contribution in [0.3, 0.4) is 0 Å². The number of benzene rings is 2. The summed E-state index contributed by atoms with van der Waals surface area (Å²) in [7, 11) is 1.86. The van der Waals surface area contributed by atoms with Crippen molar-refractivity contribution in [3.8, 4) is 0 Å². The maximum Gasteiger partial charge on any atom is 0.237 e. The van der Waals surface area contributed by atoms with Crippen molar-refractivity contribution in [1.82, 2.24) is 9.80 Å². The van der Waals surface area contributed by atoms with Crippen LogP contribution < -0.4 is 5.73 Å². The molecule has 0 saturated carbocycles. The Morgan fingerprint density at radius 2 is 1.62 bits per heavy atom. The summed E-state index contributed by atoms with van der Waals surface area (Å²) in [5.74, 6) is 0.107. The van der Waals surface area contributed by atoms with Crippen LogP contribution in [0.2, 0.25) is 0 Å². The van der Waals surface area contributed by atoms with Crippen LogP contribution in [-0.4, -0.2) is 42.4 Å². The summed E-state index contributed by atoms with van der Waals surface area (Å²) in [5.41, 5.74) is 8.05. The van der Waals surface area contributed by atoms with Crippen LogP contribution in [-0.2, 0) is 11.3 Å². The standard InChI is InChI=1S/C20H27N3O/c1-17(19-11-7-4-8-12-19)22(2)20(24)16-23(14-13-21)15-18-9-5-3-6-10-18/h3-12,17H,13-16,21H2,1-2H3. The molecule has 24 heavy (non-hydrogen) atoms. The van der Waals surface area contributed by atoms with Gasteiger partial charge in [-0.2, -0.15) is 0 Å². The van der Waals surface area contributed by atoms with Crippen LogP contribution in [0, 0.1) is 0 Å². The molecule has 2 N–H and O–H groups in total. The van der Waals surface area contributed by atoms with Gasteiger partial charge in [0.15, 0.2) is 0 Å². The lowest BCUT2D eigenvalue weighted by Gasteiger charge is -2.29. The Bertz CT molecular complexity index is 615. The number of likely N-dealkylation sites (N-methyl/N-ethyl adjacent to an activating group) is 1. The molecule has 0 spiro atoms. The van der Waals surface area contributed by atoms with Crippen molar-refractivity contribution >= 4 is 5.91 Å². The number of carbonyl (C=O) groups excluding carboxylic acids is 1. The zero-order chi connectivity index (χ0) is 17.4. The maximum absolute atomic E-state index is 12.7. The third kappa shape index (κ3) is 5.18. The Hall–Kier alpha value is -2.17. The molecule has 2 rings (SSSR count). The lowest BCUT2D eigenvalue weighted by molar-refractivity contribution is -0.133. The van der Waals surface area contributed by atoms with Crippen molar-refractivity contribution in [2.24, 2.45) is 5.73 Å². The highest BCUT2D eigenvalue weighted by atomic mass is 16.2. The lowest BCUT2D eigenvalue weighted by atomic mass is 10.1. The first-order valence-corrected chi connectivity index (χ1v) is 8.38. The summed E-state index contributed by atoms with van der Waals surface area (Å²) in [6.45, 7) is 4.40. The second kappa shape index (κ2) is 9.21. The molecule has 0 saturated heterocycles. The molecule has 0 aromatic heterocycles. The first-order valence-electron chi connectivity index (χ1n) is 8.38. The van der Waals surface area contributed by atoms with Crippen LogP contribution in [0.15, 0.2) is 60.7 Å². The smallest absolute Gasteiger partial charge is 0.237 e. The lowest BCUT2D eigenvalue weighted by Crippen LogP contribution is -2.41. The van der Waals surface area contributed by atoms with Crippen LogP contribution in [0.5, 0.6) is 0 Å². The molecule has 0 aliphatic rings. The molecule has 1 unspecified atom stereocenters. The van der Waals surface area contributed by atoms with E-state index >= 15 is 0 Å². The molecule has 0 aliphatic heterocycles. The fraction of sp³-hybridized carbons (Fsp3) is 0.350. The van der Waals surface area contributed by atoms with Crippen molar-refractivity contribution in [3.63, 3.8) is 0 Å². The Labute approximate surface area is 144 Å². The molecule has 0 radical (unpaired) electrons. The molecular formula is C20H27N3O. The number of hydrogen-bond donors (Lipinski definition) is 1. The molecule has 2 aromatic rings. The molecule has 0 fully saturated rings. The quantitative estimate of drug-likeness (QED) is 0.812. The van der Waals surface area contributed by atoms with Crippen molar-refractivity contribution in [2.75, 3.05) is 26.7 Å². The van der Waals surface area contributed by atoms with Crippen molar-refractivity contribution in [2.45, 2.75) is 19.5 Å². The van der Waals surface area contributed by atoms with E-state index in [0.717, 1.165) is 12.1 Å². The Morgan fingerprint density at radius 3 is 2.21 bits per heavy atom. The molecule has 2 aromatic carbocycles. The topological polar surface area (TPSA) is 49.6 Å². The van der Waals surface area contributed by atoms with Crippen molar-refractivity contribution in [3.05, 3.63) is 71.8 Å². The second-order valence-corrected chi connectivity index (χ2v) is 6.08. The first-order chi connectivity index (χ1) is 11.6. The van der Waals surface area contributed by atoms with E-state index < -0.39 is 0 Å². The van der Waals surface area contributed by atoms with Gasteiger partial charge in [-0.1, -0.05) is 60.7 Å². The summed E-state index contributed by atoms with van der Waals surface area (Å²) in [5, 5.41) is 0. The van der Waals surface area contributed by atoms with Crippen LogP contribution in [0.25, 0.3) is 0 Å². The molecule has 1 amide bonds. The van der Waals surface area contributed by atoms with Gasteiger partial charge in [0.25, 0.3) is 0 Å². The van der Waals surface area contributed by atoms with Crippen LogP contribution >= 0.6 is 0 Å². The van der Waals surface area contributed by atoms with E-state index in [4.69, 9.17) is 5.73 Å². The molecule has 0 bridgehead atoms. The van der Waals surface area contributed by atoms with E-state index in [1.165, 1.54) is 5.56 Å². The van der Waals surface area contributed by atoms with E-state index in [-0.39, 0.29) is 11.9 Å². The summed E-state index contributed by atoms with van der Waals surface area (Å²) < 4.78 is 0. The molecule has 128 valence electrons. The van der Waals surface area contributed by atoms with Gasteiger partial charge >= 0.3 is 0 Å². The van der Waals surface area contributed by atoms with Gasteiger partial charge < -0.3 is 10.6 Å². The van der Waals surface area contributed by atoms with Gasteiger partial charge in [0, 0.05) is 26.7 Å². The zero-order valence-electron chi connectivity index (χ0n) is 14.6. The third-order valence-corrected chi connectivity index (χ3v) is 4.31. The number of nitrogens with zero attached hydrogens (tertiary/aromatic N) is 2. The van der Waals surface area contributed by atoms with Gasteiger partial charge in [0.2, 0.25) is 5.91 Å². The summed E-state index contributed by atoms with van der Waals surface area (Å²) in [6.07, 6.45) is 0. The van der Waals surface area contributed by atoms with Gasteiger partial charge in [0.05, 0.1) is 12.6 Å². The van der Waals surface area contributed by atoms with E-state index in [2.05, 4.69) is 36.1 Å². The second-order valence-electron chi connectivity index (χ2n) is 6.08.